The van der Waals surface area contributed by atoms with Gasteiger partial charge in [-0.05, 0) is 38.1 Å². The maximum Gasteiger partial charge on any atom is 0.405 e. The van der Waals surface area contributed by atoms with Crippen molar-refractivity contribution >= 4 is 22.8 Å². The number of nitrogens with zero attached hydrogens (tertiary/aromatic N) is 4. The van der Waals surface area contributed by atoms with Crippen molar-refractivity contribution < 1.29 is 27.4 Å². The summed E-state index contributed by atoms with van der Waals surface area (Å²) in [5, 5.41) is 0. The van der Waals surface area contributed by atoms with E-state index < -0.39 is 18.6 Å². The third kappa shape index (κ3) is 5.54. The molecular weight excluding hydrogens is 439 g/mol. The average molecular weight is 465 g/mol. The summed E-state index contributed by atoms with van der Waals surface area (Å²) in [5.41, 5.74) is 7.42. The number of methoxy groups -OCH3 is 1. The van der Waals surface area contributed by atoms with Crippen LogP contribution in [0.5, 0.6) is 5.75 Å². The fourth-order valence-corrected chi connectivity index (χ4v) is 3.54. The lowest BCUT2D eigenvalue weighted by atomic mass is 10.1. The number of hydrogen-bond donors (Lipinski definition) is 1. The standard InChI is InChI=1S/C22H26F3N5O3/c1-4-29(13-22(23,24)25)18-7-6-14(12-27-18)21-28-16-10-15(20(26)31)11-17(32-3)19(16)30(21)8-9-33-5-2/h6-7,10-12H,4-5,8-9,13H2,1-3H3,(H2,26,31). The molecule has 11 heteroatoms. The van der Waals surface area contributed by atoms with Gasteiger partial charge in [0.2, 0.25) is 5.91 Å². The summed E-state index contributed by atoms with van der Waals surface area (Å²) in [4.78, 5) is 21.8. The number of hydrogen-bond acceptors (Lipinski definition) is 6. The van der Waals surface area contributed by atoms with Gasteiger partial charge in [-0.25, -0.2) is 9.97 Å². The molecule has 3 aromatic rings. The van der Waals surface area contributed by atoms with Gasteiger partial charge in [0.05, 0.1) is 19.2 Å². The predicted molar refractivity (Wildman–Crippen MR) is 118 cm³/mol. The number of carbonyl (C=O) groups excluding carboxylic acids is 1. The molecule has 0 saturated heterocycles. The second-order valence-corrected chi connectivity index (χ2v) is 7.23. The first kappa shape index (κ1) is 24.3. The van der Waals surface area contributed by atoms with Gasteiger partial charge in [0.1, 0.15) is 29.5 Å². The largest absolute Gasteiger partial charge is 0.494 e. The summed E-state index contributed by atoms with van der Waals surface area (Å²) < 4.78 is 51.5. The minimum absolute atomic E-state index is 0.159. The zero-order valence-electron chi connectivity index (χ0n) is 18.6. The SMILES string of the molecule is CCOCCn1c(-c2ccc(N(CC)CC(F)(F)F)nc2)nc2cc(C(N)=O)cc(OC)c21. The number of carbonyl (C=O) groups is 1. The van der Waals surface area contributed by atoms with Crippen molar-refractivity contribution in [2.75, 3.05) is 38.3 Å². The molecule has 0 aliphatic heterocycles. The summed E-state index contributed by atoms with van der Waals surface area (Å²) in [7, 11) is 1.48. The molecule has 1 aromatic carbocycles. The molecular formula is C22H26F3N5O3. The molecule has 0 atom stereocenters. The van der Waals surface area contributed by atoms with Crippen molar-refractivity contribution in [3.63, 3.8) is 0 Å². The molecule has 33 heavy (non-hydrogen) atoms. The Hall–Kier alpha value is -3.34. The van der Waals surface area contributed by atoms with Crippen LogP contribution in [0, 0.1) is 0 Å². The minimum Gasteiger partial charge on any atom is -0.494 e. The Labute approximate surface area is 189 Å². The lowest BCUT2D eigenvalue weighted by Crippen LogP contribution is -2.34. The molecule has 0 saturated carbocycles. The van der Waals surface area contributed by atoms with Crippen molar-refractivity contribution in [2.24, 2.45) is 5.73 Å². The summed E-state index contributed by atoms with van der Waals surface area (Å²) in [6, 6.07) is 6.32. The molecule has 8 nitrogen and oxygen atoms in total. The predicted octanol–water partition coefficient (Wildman–Crippen LogP) is 3.63. The van der Waals surface area contributed by atoms with Crippen molar-refractivity contribution in [3.05, 3.63) is 36.0 Å². The van der Waals surface area contributed by atoms with Crippen molar-refractivity contribution in [3.8, 4) is 17.1 Å². The summed E-state index contributed by atoms with van der Waals surface area (Å²) in [5.74, 6) is 0.533. The number of ether oxygens (including phenoxy) is 2. The third-order valence-corrected chi connectivity index (χ3v) is 5.06. The van der Waals surface area contributed by atoms with Gasteiger partial charge in [-0.15, -0.1) is 0 Å². The minimum atomic E-state index is -4.34. The van der Waals surface area contributed by atoms with Crippen LogP contribution in [0.3, 0.4) is 0 Å². The number of imidazole rings is 1. The Morgan fingerprint density at radius 1 is 1.24 bits per heavy atom. The van der Waals surface area contributed by atoms with E-state index in [1.807, 2.05) is 11.5 Å². The van der Waals surface area contributed by atoms with Crippen LogP contribution in [0.25, 0.3) is 22.4 Å². The van der Waals surface area contributed by atoms with E-state index in [4.69, 9.17) is 15.2 Å². The van der Waals surface area contributed by atoms with Crippen LogP contribution in [-0.4, -0.2) is 60.0 Å². The lowest BCUT2D eigenvalue weighted by molar-refractivity contribution is -0.119. The van der Waals surface area contributed by atoms with Gasteiger partial charge < -0.3 is 24.7 Å². The highest BCUT2D eigenvalue weighted by Crippen LogP contribution is 2.33. The van der Waals surface area contributed by atoms with Gasteiger partial charge in [0, 0.05) is 37.0 Å². The third-order valence-electron chi connectivity index (χ3n) is 5.06. The first-order valence-electron chi connectivity index (χ1n) is 10.4. The highest BCUT2D eigenvalue weighted by Gasteiger charge is 2.30. The van der Waals surface area contributed by atoms with Crippen LogP contribution in [0.2, 0.25) is 0 Å². The Bertz CT molecular complexity index is 1110. The number of benzene rings is 1. The Balaban J connectivity index is 2.09. The molecule has 3 rings (SSSR count). The lowest BCUT2D eigenvalue weighted by Gasteiger charge is -2.23. The summed E-state index contributed by atoms with van der Waals surface area (Å²) in [6.45, 7) is 3.96. The number of fused-ring (bicyclic) bond motifs is 1. The van der Waals surface area contributed by atoms with Gasteiger partial charge in [-0.2, -0.15) is 13.2 Å². The molecule has 2 aromatic heterocycles. The van der Waals surface area contributed by atoms with Crippen LogP contribution in [-0.2, 0) is 11.3 Å². The number of anilines is 1. The van der Waals surface area contributed by atoms with Crippen LogP contribution in [0.15, 0.2) is 30.5 Å². The molecule has 2 N–H and O–H groups in total. The van der Waals surface area contributed by atoms with Crippen LogP contribution < -0.4 is 15.4 Å². The molecule has 0 bridgehead atoms. The van der Waals surface area contributed by atoms with E-state index in [0.717, 1.165) is 4.90 Å². The monoisotopic (exact) mass is 465 g/mol. The maximum absolute atomic E-state index is 12.9. The zero-order chi connectivity index (χ0) is 24.2. The van der Waals surface area contributed by atoms with Gasteiger partial charge in [-0.1, -0.05) is 0 Å². The van der Waals surface area contributed by atoms with Gasteiger partial charge >= 0.3 is 6.18 Å². The number of rotatable bonds is 10. The fourth-order valence-electron chi connectivity index (χ4n) is 3.54. The van der Waals surface area contributed by atoms with Crippen molar-refractivity contribution in [1.82, 2.24) is 14.5 Å². The smallest absolute Gasteiger partial charge is 0.405 e. The molecule has 178 valence electrons. The first-order chi connectivity index (χ1) is 15.7. The molecule has 0 fully saturated rings. The quantitative estimate of drug-likeness (QED) is 0.460. The second-order valence-electron chi connectivity index (χ2n) is 7.23. The molecule has 0 aliphatic rings. The van der Waals surface area contributed by atoms with E-state index in [2.05, 4.69) is 9.97 Å². The van der Waals surface area contributed by atoms with E-state index in [1.54, 1.807) is 25.1 Å². The summed E-state index contributed by atoms with van der Waals surface area (Å²) >= 11 is 0. The zero-order valence-corrected chi connectivity index (χ0v) is 18.6. The van der Waals surface area contributed by atoms with E-state index in [9.17, 15) is 18.0 Å². The Morgan fingerprint density at radius 2 is 2.00 bits per heavy atom. The van der Waals surface area contributed by atoms with E-state index in [0.29, 0.717) is 47.9 Å². The Kier molecular flexibility index (Phi) is 7.42. The van der Waals surface area contributed by atoms with Crippen LogP contribution >= 0.6 is 0 Å². The van der Waals surface area contributed by atoms with Gasteiger partial charge in [0.15, 0.2) is 0 Å². The number of aromatic nitrogens is 3. The highest BCUT2D eigenvalue weighted by atomic mass is 19.4. The number of pyridine rings is 1. The topological polar surface area (TPSA) is 95.5 Å². The first-order valence-corrected chi connectivity index (χ1v) is 10.4. The average Bonchev–Trinajstić information content (AvgIpc) is 3.15. The molecule has 0 unspecified atom stereocenters. The molecule has 0 radical (unpaired) electrons. The number of nitrogens with two attached hydrogens (primary N) is 1. The molecule has 1 amide bonds. The maximum atomic E-state index is 12.9. The van der Waals surface area contributed by atoms with Crippen molar-refractivity contribution in [1.29, 1.82) is 0 Å². The number of alkyl halides is 3. The van der Waals surface area contributed by atoms with Crippen molar-refractivity contribution in [2.45, 2.75) is 26.6 Å². The molecule has 0 aliphatic carbocycles. The van der Waals surface area contributed by atoms with Gasteiger partial charge in [0.25, 0.3) is 0 Å². The molecule has 2 heterocycles. The van der Waals surface area contributed by atoms with E-state index >= 15 is 0 Å². The molecule has 0 spiro atoms. The van der Waals surface area contributed by atoms with Crippen LogP contribution in [0.4, 0.5) is 19.0 Å². The van der Waals surface area contributed by atoms with Gasteiger partial charge in [-0.3, -0.25) is 4.79 Å². The second kappa shape index (κ2) is 10.1. The summed E-state index contributed by atoms with van der Waals surface area (Å²) in [6.07, 6.45) is -2.85. The number of halogens is 3. The van der Waals surface area contributed by atoms with E-state index in [1.165, 1.54) is 19.4 Å². The number of amides is 1. The van der Waals surface area contributed by atoms with Crippen LogP contribution in [0.1, 0.15) is 24.2 Å². The highest BCUT2D eigenvalue weighted by molar-refractivity contribution is 5.99. The fraction of sp³-hybridized carbons (Fsp3) is 0.409. The Morgan fingerprint density at radius 3 is 2.55 bits per heavy atom. The number of primary amides is 1. The van der Waals surface area contributed by atoms with E-state index in [-0.39, 0.29) is 17.9 Å². The normalized spacial score (nSPS) is 11.7.